The van der Waals surface area contributed by atoms with Crippen LogP contribution in [-0.4, -0.2) is 25.4 Å². The Bertz CT molecular complexity index is 668. The van der Waals surface area contributed by atoms with E-state index in [0.717, 1.165) is 11.1 Å². The average Bonchev–Trinajstić information content (AvgIpc) is 2.52. The fourth-order valence-electron chi connectivity index (χ4n) is 1.74. The molecule has 2 heterocycles. The number of carbonyl (C=O) groups excluding carboxylic acids is 1. The van der Waals surface area contributed by atoms with E-state index in [1.54, 1.807) is 44.4 Å². The molecule has 2 aromatic heterocycles. The summed E-state index contributed by atoms with van der Waals surface area (Å²) in [4.78, 5) is 20.3. The molecule has 0 aliphatic carbocycles. The number of hydrogen-bond donors (Lipinski definition) is 1. The molecule has 0 atom stereocenters. The second-order valence-corrected chi connectivity index (χ2v) is 7.29. The van der Waals surface area contributed by atoms with Crippen molar-refractivity contribution in [2.24, 2.45) is 0 Å². The molecule has 2 rings (SSSR count). The van der Waals surface area contributed by atoms with Crippen molar-refractivity contribution in [2.45, 2.75) is 31.4 Å². The molecule has 0 aliphatic rings. The Balaban J connectivity index is 2.14. The van der Waals surface area contributed by atoms with E-state index in [1.807, 2.05) is 6.07 Å². The normalized spacial score (nSPS) is 11.3. The third kappa shape index (κ3) is 4.35. The largest absolute Gasteiger partial charge is 0.460 e. The molecule has 0 amide bonds. The van der Waals surface area contributed by atoms with Gasteiger partial charge in [-0.05, 0) is 49.2 Å². The maximum Gasteiger partial charge on any atom is 0.322 e. The maximum absolute atomic E-state index is 11.8. The minimum absolute atomic E-state index is 0.0485. The standard InChI is InChI=1S/C16H17BrN2O3/c1-16(2,17)15(21)22-10-12-4-6-19-14(8-12)13-7-11(9-20)3-5-18-13/h3-8,20H,9-10H2,1-2H3. The second kappa shape index (κ2) is 6.98. The van der Waals surface area contributed by atoms with Crippen LogP contribution in [0.4, 0.5) is 0 Å². The van der Waals surface area contributed by atoms with Crippen LogP contribution >= 0.6 is 15.9 Å². The average molecular weight is 365 g/mol. The maximum atomic E-state index is 11.8. The van der Waals surface area contributed by atoms with E-state index in [0.29, 0.717) is 11.4 Å². The summed E-state index contributed by atoms with van der Waals surface area (Å²) in [6.45, 7) is 3.59. The molecule has 2 aromatic rings. The first-order valence-electron chi connectivity index (χ1n) is 6.77. The topological polar surface area (TPSA) is 72.3 Å². The number of pyridine rings is 2. The van der Waals surface area contributed by atoms with Gasteiger partial charge in [0.15, 0.2) is 0 Å². The summed E-state index contributed by atoms with van der Waals surface area (Å²) in [5, 5.41) is 9.17. The zero-order valence-corrected chi connectivity index (χ0v) is 14.0. The molecular weight excluding hydrogens is 348 g/mol. The van der Waals surface area contributed by atoms with Gasteiger partial charge < -0.3 is 9.84 Å². The predicted molar refractivity (Wildman–Crippen MR) is 86.2 cm³/mol. The first kappa shape index (κ1) is 16.6. The third-order valence-electron chi connectivity index (χ3n) is 2.95. The van der Waals surface area contributed by atoms with E-state index in [-0.39, 0.29) is 19.2 Å². The van der Waals surface area contributed by atoms with Gasteiger partial charge in [0.25, 0.3) is 0 Å². The Labute approximate surface area is 137 Å². The SMILES string of the molecule is CC(C)(Br)C(=O)OCc1ccnc(-c2cc(CO)ccn2)c1. The Morgan fingerprint density at radius 2 is 1.73 bits per heavy atom. The highest BCUT2D eigenvalue weighted by molar-refractivity contribution is 9.10. The van der Waals surface area contributed by atoms with Crippen LogP contribution in [0.5, 0.6) is 0 Å². The van der Waals surface area contributed by atoms with Crippen LogP contribution in [0.25, 0.3) is 11.4 Å². The summed E-state index contributed by atoms with van der Waals surface area (Å²) in [5.41, 5.74) is 2.93. The Morgan fingerprint density at radius 3 is 2.27 bits per heavy atom. The van der Waals surface area contributed by atoms with Gasteiger partial charge in [0.2, 0.25) is 0 Å². The molecule has 0 aromatic carbocycles. The van der Waals surface area contributed by atoms with Crippen molar-refractivity contribution in [3.05, 3.63) is 47.8 Å². The molecule has 0 saturated heterocycles. The molecular formula is C16H17BrN2O3. The van der Waals surface area contributed by atoms with E-state index in [9.17, 15) is 9.90 Å². The highest BCUT2D eigenvalue weighted by Gasteiger charge is 2.25. The van der Waals surface area contributed by atoms with Crippen molar-refractivity contribution in [3.63, 3.8) is 0 Å². The second-order valence-electron chi connectivity index (χ2n) is 5.31. The molecule has 0 spiro atoms. The van der Waals surface area contributed by atoms with Crippen LogP contribution in [0, 0.1) is 0 Å². The number of halogens is 1. The molecule has 22 heavy (non-hydrogen) atoms. The first-order valence-corrected chi connectivity index (χ1v) is 7.56. The predicted octanol–water partition coefficient (Wildman–Crippen LogP) is 2.85. The lowest BCUT2D eigenvalue weighted by Gasteiger charge is -2.14. The molecule has 0 bridgehead atoms. The molecule has 0 aliphatic heterocycles. The molecule has 1 N–H and O–H groups in total. The molecule has 116 valence electrons. The highest BCUT2D eigenvalue weighted by Crippen LogP contribution is 2.20. The van der Waals surface area contributed by atoms with Gasteiger partial charge in [-0.3, -0.25) is 14.8 Å². The van der Waals surface area contributed by atoms with E-state index in [2.05, 4.69) is 25.9 Å². The van der Waals surface area contributed by atoms with Gasteiger partial charge in [0, 0.05) is 12.4 Å². The van der Waals surface area contributed by atoms with Crippen molar-refractivity contribution in [1.82, 2.24) is 9.97 Å². The number of carbonyl (C=O) groups is 1. The van der Waals surface area contributed by atoms with Crippen molar-refractivity contribution >= 4 is 21.9 Å². The summed E-state index contributed by atoms with van der Waals surface area (Å²) in [7, 11) is 0. The quantitative estimate of drug-likeness (QED) is 0.652. The number of esters is 1. The van der Waals surface area contributed by atoms with Gasteiger partial charge in [0.1, 0.15) is 10.9 Å². The lowest BCUT2D eigenvalue weighted by Crippen LogP contribution is -2.26. The van der Waals surface area contributed by atoms with Gasteiger partial charge in [-0.2, -0.15) is 0 Å². The third-order valence-corrected chi connectivity index (χ3v) is 3.27. The van der Waals surface area contributed by atoms with E-state index < -0.39 is 4.32 Å². The highest BCUT2D eigenvalue weighted by atomic mass is 79.9. The lowest BCUT2D eigenvalue weighted by atomic mass is 10.1. The first-order chi connectivity index (χ1) is 10.4. The fraction of sp³-hybridized carbons (Fsp3) is 0.312. The number of aliphatic hydroxyl groups is 1. The zero-order valence-electron chi connectivity index (χ0n) is 12.4. The molecule has 0 fully saturated rings. The number of ether oxygens (including phenoxy) is 1. The van der Waals surface area contributed by atoms with Gasteiger partial charge in [-0.15, -0.1) is 0 Å². The van der Waals surface area contributed by atoms with Gasteiger partial charge in [0.05, 0.1) is 18.0 Å². The summed E-state index contributed by atoms with van der Waals surface area (Å²) in [5.74, 6) is -0.328. The Kier molecular flexibility index (Phi) is 5.26. The monoisotopic (exact) mass is 364 g/mol. The Hall–Kier alpha value is -1.79. The molecule has 0 unspecified atom stereocenters. The van der Waals surface area contributed by atoms with E-state index in [1.165, 1.54) is 0 Å². The number of aliphatic hydroxyl groups excluding tert-OH is 1. The Morgan fingerprint density at radius 1 is 1.18 bits per heavy atom. The number of hydrogen-bond acceptors (Lipinski definition) is 5. The lowest BCUT2D eigenvalue weighted by molar-refractivity contribution is -0.146. The van der Waals surface area contributed by atoms with E-state index in [4.69, 9.17) is 4.74 Å². The van der Waals surface area contributed by atoms with E-state index >= 15 is 0 Å². The van der Waals surface area contributed by atoms with Crippen molar-refractivity contribution in [2.75, 3.05) is 0 Å². The van der Waals surface area contributed by atoms with Crippen LogP contribution in [0.1, 0.15) is 25.0 Å². The smallest absolute Gasteiger partial charge is 0.322 e. The van der Waals surface area contributed by atoms with Gasteiger partial charge in [-0.1, -0.05) is 15.9 Å². The van der Waals surface area contributed by atoms with Crippen LogP contribution < -0.4 is 0 Å². The van der Waals surface area contributed by atoms with Crippen LogP contribution in [0.15, 0.2) is 36.7 Å². The van der Waals surface area contributed by atoms with Crippen molar-refractivity contribution < 1.29 is 14.6 Å². The summed E-state index contributed by atoms with van der Waals surface area (Å²) in [6, 6.07) is 7.12. The minimum atomic E-state index is -0.708. The zero-order chi connectivity index (χ0) is 16.2. The van der Waals surface area contributed by atoms with Crippen LogP contribution in [-0.2, 0) is 22.7 Å². The fourth-order valence-corrected chi connectivity index (χ4v) is 1.85. The number of nitrogens with zero attached hydrogens (tertiary/aromatic N) is 2. The van der Waals surface area contributed by atoms with Crippen LogP contribution in [0.2, 0.25) is 0 Å². The molecule has 0 radical (unpaired) electrons. The van der Waals surface area contributed by atoms with Gasteiger partial charge >= 0.3 is 5.97 Å². The number of rotatable bonds is 5. The summed E-state index contributed by atoms with van der Waals surface area (Å²) in [6.07, 6.45) is 3.27. The van der Waals surface area contributed by atoms with Gasteiger partial charge in [-0.25, -0.2) is 0 Å². The molecule has 5 nitrogen and oxygen atoms in total. The molecule has 6 heteroatoms. The van der Waals surface area contributed by atoms with Crippen molar-refractivity contribution in [1.29, 1.82) is 0 Å². The number of aromatic nitrogens is 2. The minimum Gasteiger partial charge on any atom is -0.460 e. The molecule has 0 saturated carbocycles. The summed E-state index contributed by atoms with van der Waals surface area (Å²) >= 11 is 3.26. The summed E-state index contributed by atoms with van der Waals surface area (Å²) < 4.78 is 4.55. The number of alkyl halides is 1. The van der Waals surface area contributed by atoms with Crippen molar-refractivity contribution in [3.8, 4) is 11.4 Å². The van der Waals surface area contributed by atoms with Crippen LogP contribution in [0.3, 0.4) is 0 Å².